The van der Waals surface area contributed by atoms with Crippen LogP contribution < -0.4 is 10.5 Å². The summed E-state index contributed by atoms with van der Waals surface area (Å²) in [6, 6.07) is 5.92. The fourth-order valence-electron chi connectivity index (χ4n) is 3.04. The average molecular weight is 268 g/mol. The Morgan fingerprint density at radius 2 is 2.11 bits per heavy atom. The van der Waals surface area contributed by atoms with Crippen LogP contribution in [0.2, 0.25) is 5.02 Å². The van der Waals surface area contributed by atoms with Crippen LogP contribution in [0.3, 0.4) is 0 Å². The number of halogens is 1. The third kappa shape index (κ3) is 2.36. The second kappa shape index (κ2) is 5.10. The number of methoxy groups -OCH3 is 1. The standard InChI is InChI=1S/C15H22ClNO/c1-10-6-7-15(17,11(2)8-10)12-4-5-13(16)14(9-12)18-3/h4-5,9-11H,6-8,17H2,1-3H3. The number of ether oxygens (including phenoxy) is 1. The van der Waals surface area contributed by atoms with Crippen molar-refractivity contribution in [1.82, 2.24) is 0 Å². The SMILES string of the molecule is COc1cc(C2(N)CCC(C)CC2C)ccc1Cl. The molecule has 3 atom stereocenters. The number of rotatable bonds is 2. The van der Waals surface area contributed by atoms with Gasteiger partial charge in [-0.3, -0.25) is 0 Å². The van der Waals surface area contributed by atoms with E-state index in [-0.39, 0.29) is 5.54 Å². The second-order valence-corrected chi connectivity index (χ2v) is 6.08. The molecule has 18 heavy (non-hydrogen) atoms. The lowest BCUT2D eigenvalue weighted by molar-refractivity contribution is 0.164. The van der Waals surface area contributed by atoms with Crippen molar-refractivity contribution < 1.29 is 4.74 Å². The average Bonchev–Trinajstić information content (AvgIpc) is 2.35. The Bertz CT molecular complexity index is 435. The quantitative estimate of drug-likeness (QED) is 0.880. The van der Waals surface area contributed by atoms with Crippen molar-refractivity contribution in [3.05, 3.63) is 28.8 Å². The van der Waals surface area contributed by atoms with Crippen molar-refractivity contribution in [2.24, 2.45) is 17.6 Å². The third-order valence-corrected chi connectivity index (χ3v) is 4.69. The fourth-order valence-corrected chi connectivity index (χ4v) is 3.24. The van der Waals surface area contributed by atoms with E-state index in [9.17, 15) is 0 Å². The van der Waals surface area contributed by atoms with E-state index in [1.165, 1.54) is 12.8 Å². The Balaban J connectivity index is 2.35. The maximum atomic E-state index is 6.66. The lowest BCUT2D eigenvalue weighted by Crippen LogP contribution is -2.46. The Hall–Kier alpha value is -0.730. The van der Waals surface area contributed by atoms with Gasteiger partial charge in [-0.25, -0.2) is 0 Å². The van der Waals surface area contributed by atoms with E-state index in [1.54, 1.807) is 7.11 Å². The van der Waals surface area contributed by atoms with E-state index in [1.807, 2.05) is 18.2 Å². The number of hydrogen-bond acceptors (Lipinski definition) is 2. The minimum absolute atomic E-state index is 0.246. The van der Waals surface area contributed by atoms with Crippen molar-refractivity contribution in [2.75, 3.05) is 7.11 Å². The molecule has 2 N–H and O–H groups in total. The first kappa shape index (κ1) is 13.7. The van der Waals surface area contributed by atoms with Crippen LogP contribution in [-0.4, -0.2) is 7.11 Å². The maximum Gasteiger partial charge on any atom is 0.137 e. The largest absolute Gasteiger partial charge is 0.495 e. The van der Waals surface area contributed by atoms with Crippen LogP contribution in [-0.2, 0) is 5.54 Å². The van der Waals surface area contributed by atoms with Crippen LogP contribution >= 0.6 is 11.6 Å². The van der Waals surface area contributed by atoms with Gasteiger partial charge in [0.25, 0.3) is 0 Å². The highest BCUT2D eigenvalue weighted by molar-refractivity contribution is 6.32. The summed E-state index contributed by atoms with van der Waals surface area (Å²) in [6.07, 6.45) is 3.40. The lowest BCUT2D eigenvalue weighted by Gasteiger charge is -2.42. The van der Waals surface area contributed by atoms with Crippen molar-refractivity contribution in [3.63, 3.8) is 0 Å². The smallest absolute Gasteiger partial charge is 0.137 e. The van der Waals surface area contributed by atoms with Crippen molar-refractivity contribution >= 4 is 11.6 Å². The summed E-state index contributed by atoms with van der Waals surface area (Å²) in [6.45, 7) is 4.55. The molecular formula is C15H22ClNO. The Kier molecular flexibility index (Phi) is 3.88. The molecule has 1 aliphatic rings. The van der Waals surface area contributed by atoms with Gasteiger partial charge in [0, 0.05) is 5.54 Å². The summed E-state index contributed by atoms with van der Waals surface area (Å²) >= 11 is 6.07. The van der Waals surface area contributed by atoms with E-state index >= 15 is 0 Å². The van der Waals surface area contributed by atoms with Gasteiger partial charge in [0.05, 0.1) is 12.1 Å². The molecule has 0 radical (unpaired) electrons. The number of benzene rings is 1. The molecule has 1 aromatic carbocycles. The molecule has 0 bridgehead atoms. The molecule has 3 unspecified atom stereocenters. The minimum atomic E-state index is -0.246. The Labute approximate surface area is 114 Å². The van der Waals surface area contributed by atoms with Gasteiger partial charge in [-0.15, -0.1) is 0 Å². The summed E-state index contributed by atoms with van der Waals surface area (Å²) in [7, 11) is 1.64. The molecule has 2 rings (SSSR count). The van der Waals surface area contributed by atoms with Gasteiger partial charge in [-0.2, -0.15) is 0 Å². The van der Waals surface area contributed by atoms with Crippen LogP contribution in [0.15, 0.2) is 18.2 Å². The highest BCUT2D eigenvalue weighted by Crippen LogP contribution is 2.43. The highest BCUT2D eigenvalue weighted by atomic mass is 35.5. The highest BCUT2D eigenvalue weighted by Gasteiger charge is 2.38. The molecule has 0 aliphatic heterocycles. The lowest BCUT2D eigenvalue weighted by atomic mass is 9.67. The van der Waals surface area contributed by atoms with E-state index in [4.69, 9.17) is 22.1 Å². The molecule has 2 nitrogen and oxygen atoms in total. The predicted molar refractivity (Wildman–Crippen MR) is 76.0 cm³/mol. The van der Waals surface area contributed by atoms with E-state index < -0.39 is 0 Å². The van der Waals surface area contributed by atoms with Crippen molar-refractivity contribution in [2.45, 2.75) is 38.6 Å². The zero-order valence-corrected chi connectivity index (χ0v) is 12.1. The molecule has 1 aromatic rings. The monoisotopic (exact) mass is 267 g/mol. The number of nitrogens with two attached hydrogens (primary N) is 1. The summed E-state index contributed by atoms with van der Waals surface area (Å²) < 4.78 is 5.29. The van der Waals surface area contributed by atoms with Gasteiger partial charge in [-0.1, -0.05) is 31.5 Å². The molecule has 0 aromatic heterocycles. The molecule has 0 heterocycles. The van der Waals surface area contributed by atoms with Gasteiger partial charge in [0.2, 0.25) is 0 Å². The van der Waals surface area contributed by atoms with E-state index in [0.717, 1.165) is 17.9 Å². The van der Waals surface area contributed by atoms with Gasteiger partial charge >= 0.3 is 0 Å². The summed E-state index contributed by atoms with van der Waals surface area (Å²) in [4.78, 5) is 0. The molecule has 0 saturated heterocycles. The molecule has 3 heteroatoms. The predicted octanol–water partition coefficient (Wildman–Crippen LogP) is 3.96. The maximum absolute atomic E-state index is 6.66. The third-order valence-electron chi connectivity index (χ3n) is 4.37. The summed E-state index contributed by atoms with van der Waals surface area (Å²) in [5.74, 6) is 1.96. The zero-order chi connectivity index (χ0) is 13.3. The fraction of sp³-hybridized carbons (Fsp3) is 0.600. The van der Waals surface area contributed by atoms with Crippen LogP contribution in [0.4, 0.5) is 0 Å². The first-order chi connectivity index (χ1) is 8.47. The Morgan fingerprint density at radius 3 is 2.72 bits per heavy atom. The number of hydrogen-bond donors (Lipinski definition) is 1. The molecule has 1 saturated carbocycles. The van der Waals surface area contributed by atoms with E-state index in [2.05, 4.69) is 13.8 Å². The normalized spacial score (nSPS) is 32.3. The van der Waals surface area contributed by atoms with E-state index in [0.29, 0.717) is 16.7 Å². The zero-order valence-electron chi connectivity index (χ0n) is 11.4. The van der Waals surface area contributed by atoms with Crippen molar-refractivity contribution in [3.8, 4) is 5.75 Å². The second-order valence-electron chi connectivity index (χ2n) is 5.67. The summed E-state index contributed by atoms with van der Waals surface area (Å²) in [5.41, 5.74) is 7.56. The molecule has 1 fully saturated rings. The van der Waals surface area contributed by atoms with Crippen LogP contribution in [0.5, 0.6) is 5.75 Å². The van der Waals surface area contributed by atoms with Gasteiger partial charge in [0.1, 0.15) is 5.75 Å². The van der Waals surface area contributed by atoms with Crippen LogP contribution in [0.25, 0.3) is 0 Å². The molecule has 0 amide bonds. The minimum Gasteiger partial charge on any atom is -0.495 e. The first-order valence-electron chi connectivity index (χ1n) is 6.60. The van der Waals surface area contributed by atoms with Crippen LogP contribution in [0, 0.1) is 11.8 Å². The van der Waals surface area contributed by atoms with Gasteiger partial charge < -0.3 is 10.5 Å². The van der Waals surface area contributed by atoms with Crippen LogP contribution in [0.1, 0.15) is 38.7 Å². The van der Waals surface area contributed by atoms with Gasteiger partial charge in [0.15, 0.2) is 0 Å². The summed E-state index contributed by atoms with van der Waals surface area (Å²) in [5, 5.41) is 0.640. The van der Waals surface area contributed by atoms with Crippen molar-refractivity contribution in [1.29, 1.82) is 0 Å². The molecule has 100 valence electrons. The molecule has 0 spiro atoms. The molecule has 1 aliphatic carbocycles. The Morgan fingerprint density at radius 1 is 1.39 bits per heavy atom. The first-order valence-corrected chi connectivity index (χ1v) is 6.98. The molecular weight excluding hydrogens is 246 g/mol. The topological polar surface area (TPSA) is 35.2 Å². The van der Waals surface area contributed by atoms with Gasteiger partial charge in [-0.05, 0) is 48.8 Å².